The van der Waals surface area contributed by atoms with Crippen LogP contribution in [-0.4, -0.2) is 31.7 Å². The van der Waals surface area contributed by atoms with Crippen LogP contribution in [0.5, 0.6) is 0 Å². The van der Waals surface area contributed by atoms with Crippen molar-refractivity contribution in [3.05, 3.63) is 83.8 Å². The van der Waals surface area contributed by atoms with E-state index in [1.807, 2.05) is 56.3 Å². The van der Waals surface area contributed by atoms with Crippen LogP contribution in [0.3, 0.4) is 0 Å². The van der Waals surface area contributed by atoms with E-state index < -0.39 is 10.0 Å². The summed E-state index contributed by atoms with van der Waals surface area (Å²) < 4.78 is 33.2. The fourth-order valence-electron chi connectivity index (χ4n) is 4.05. The number of para-hydroxylation sites is 1. The molecule has 0 unspecified atom stereocenters. The second-order valence-electron chi connectivity index (χ2n) is 8.26. The molecule has 0 saturated carbocycles. The standard InChI is InChI=1S/C25H28N2O4S/c1-19-10-11-24(17-20(19)2)32(29,30)26-14-12-21(13-15-26)25(28)27(18-23-9-6-16-31-23)22-7-4-3-5-8-22/h3-11,16-17,21H,12-15,18H2,1-2H3. The Bertz CT molecular complexity index is 1170. The van der Waals surface area contributed by atoms with Crippen LogP contribution in [0.25, 0.3) is 0 Å². The van der Waals surface area contributed by atoms with Gasteiger partial charge in [-0.2, -0.15) is 4.31 Å². The van der Waals surface area contributed by atoms with Crippen molar-refractivity contribution in [3.63, 3.8) is 0 Å². The Hall–Kier alpha value is -2.90. The van der Waals surface area contributed by atoms with E-state index in [0.29, 0.717) is 43.1 Å². The van der Waals surface area contributed by atoms with Crippen LogP contribution in [0.1, 0.15) is 29.7 Å². The summed E-state index contributed by atoms with van der Waals surface area (Å²) in [6.45, 7) is 4.88. The first-order valence-corrected chi connectivity index (χ1v) is 12.3. The summed E-state index contributed by atoms with van der Waals surface area (Å²) in [6.07, 6.45) is 2.58. The van der Waals surface area contributed by atoms with Gasteiger partial charge in [0.2, 0.25) is 15.9 Å². The SMILES string of the molecule is Cc1ccc(S(=O)(=O)N2CCC(C(=O)N(Cc3ccco3)c3ccccc3)CC2)cc1C. The van der Waals surface area contributed by atoms with E-state index in [1.54, 1.807) is 29.4 Å². The number of amides is 1. The molecule has 168 valence electrons. The number of hydrogen-bond donors (Lipinski definition) is 0. The highest BCUT2D eigenvalue weighted by atomic mass is 32.2. The third-order valence-electron chi connectivity index (χ3n) is 6.15. The molecule has 1 fully saturated rings. The van der Waals surface area contributed by atoms with Crippen molar-refractivity contribution in [1.82, 2.24) is 4.31 Å². The lowest BCUT2D eigenvalue weighted by atomic mass is 9.96. The molecule has 1 amide bonds. The zero-order chi connectivity index (χ0) is 22.7. The highest BCUT2D eigenvalue weighted by molar-refractivity contribution is 7.89. The number of anilines is 1. The molecule has 3 aromatic rings. The van der Waals surface area contributed by atoms with Crippen LogP contribution < -0.4 is 4.90 Å². The topological polar surface area (TPSA) is 70.8 Å². The Balaban J connectivity index is 1.48. The molecule has 0 N–H and O–H groups in total. The number of carbonyl (C=O) groups excluding carboxylic acids is 1. The summed E-state index contributed by atoms with van der Waals surface area (Å²) in [7, 11) is -3.57. The van der Waals surface area contributed by atoms with E-state index in [-0.39, 0.29) is 11.8 Å². The maximum atomic E-state index is 13.4. The van der Waals surface area contributed by atoms with Crippen LogP contribution >= 0.6 is 0 Å². The Morgan fingerprint density at radius 1 is 1.00 bits per heavy atom. The third kappa shape index (κ3) is 4.64. The van der Waals surface area contributed by atoms with Gasteiger partial charge < -0.3 is 9.32 Å². The lowest BCUT2D eigenvalue weighted by Crippen LogP contribution is -2.44. The van der Waals surface area contributed by atoms with Gasteiger partial charge in [-0.3, -0.25) is 4.79 Å². The minimum absolute atomic E-state index is 0.00386. The van der Waals surface area contributed by atoms with Gasteiger partial charge in [0.25, 0.3) is 0 Å². The highest BCUT2D eigenvalue weighted by Gasteiger charge is 2.34. The minimum atomic E-state index is -3.57. The summed E-state index contributed by atoms with van der Waals surface area (Å²) >= 11 is 0. The number of aryl methyl sites for hydroxylation is 2. The normalized spacial score (nSPS) is 15.6. The van der Waals surface area contributed by atoms with E-state index in [4.69, 9.17) is 4.42 Å². The van der Waals surface area contributed by atoms with Gasteiger partial charge in [-0.1, -0.05) is 24.3 Å². The number of furan rings is 1. The van der Waals surface area contributed by atoms with Gasteiger partial charge in [-0.05, 0) is 74.2 Å². The maximum Gasteiger partial charge on any atom is 0.243 e. The van der Waals surface area contributed by atoms with Crippen LogP contribution in [0.2, 0.25) is 0 Å². The van der Waals surface area contributed by atoms with Gasteiger partial charge in [-0.15, -0.1) is 0 Å². The summed E-state index contributed by atoms with van der Waals surface area (Å²) in [5.74, 6) is 0.462. The van der Waals surface area contributed by atoms with Gasteiger partial charge in [0.15, 0.2) is 0 Å². The molecular weight excluding hydrogens is 424 g/mol. The zero-order valence-electron chi connectivity index (χ0n) is 18.4. The average molecular weight is 453 g/mol. The molecule has 1 aromatic heterocycles. The number of hydrogen-bond acceptors (Lipinski definition) is 4. The monoisotopic (exact) mass is 452 g/mol. The zero-order valence-corrected chi connectivity index (χ0v) is 19.2. The van der Waals surface area contributed by atoms with Crippen molar-refractivity contribution in [1.29, 1.82) is 0 Å². The average Bonchev–Trinajstić information content (AvgIpc) is 3.33. The molecule has 0 radical (unpaired) electrons. The number of nitrogens with zero attached hydrogens (tertiary/aromatic N) is 2. The molecule has 2 aromatic carbocycles. The molecule has 1 saturated heterocycles. The molecule has 0 bridgehead atoms. The van der Waals surface area contributed by atoms with Crippen molar-refractivity contribution in [3.8, 4) is 0 Å². The largest absolute Gasteiger partial charge is 0.467 e. The summed E-state index contributed by atoms with van der Waals surface area (Å²) in [5, 5.41) is 0. The van der Waals surface area contributed by atoms with Gasteiger partial charge >= 0.3 is 0 Å². The fourth-order valence-corrected chi connectivity index (χ4v) is 5.61. The van der Waals surface area contributed by atoms with E-state index in [1.165, 1.54) is 4.31 Å². The van der Waals surface area contributed by atoms with Gasteiger partial charge in [-0.25, -0.2) is 8.42 Å². The van der Waals surface area contributed by atoms with E-state index >= 15 is 0 Å². The van der Waals surface area contributed by atoms with Crippen LogP contribution in [0.15, 0.2) is 76.2 Å². The quantitative estimate of drug-likeness (QED) is 0.551. The first-order valence-electron chi connectivity index (χ1n) is 10.8. The summed E-state index contributed by atoms with van der Waals surface area (Å²) in [4.78, 5) is 15.5. The molecule has 0 spiro atoms. The lowest BCUT2D eigenvalue weighted by Gasteiger charge is -2.33. The fraction of sp³-hybridized carbons (Fsp3) is 0.320. The van der Waals surface area contributed by atoms with Crippen molar-refractivity contribution in [2.24, 2.45) is 5.92 Å². The second kappa shape index (κ2) is 9.30. The third-order valence-corrected chi connectivity index (χ3v) is 8.04. The molecule has 32 heavy (non-hydrogen) atoms. The van der Waals surface area contributed by atoms with Gasteiger partial charge in [0.1, 0.15) is 5.76 Å². The van der Waals surface area contributed by atoms with E-state index in [2.05, 4.69) is 0 Å². The van der Waals surface area contributed by atoms with E-state index in [9.17, 15) is 13.2 Å². The van der Waals surface area contributed by atoms with Gasteiger partial charge in [0, 0.05) is 24.7 Å². The number of piperidine rings is 1. The predicted molar refractivity (Wildman–Crippen MR) is 124 cm³/mol. The van der Waals surface area contributed by atoms with Gasteiger partial charge in [0.05, 0.1) is 17.7 Å². The molecule has 1 aliphatic heterocycles. The number of benzene rings is 2. The molecule has 0 atom stereocenters. The maximum absolute atomic E-state index is 13.4. The van der Waals surface area contributed by atoms with Crippen LogP contribution in [-0.2, 0) is 21.4 Å². The van der Waals surface area contributed by atoms with Crippen molar-refractivity contribution in [2.75, 3.05) is 18.0 Å². The molecule has 1 aliphatic rings. The highest BCUT2D eigenvalue weighted by Crippen LogP contribution is 2.28. The summed E-state index contributed by atoms with van der Waals surface area (Å²) in [5.41, 5.74) is 2.82. The number of carbonyl (C=O) groups is 1. The number of rotatable bonds is 6. The first-order chi connectivity index (χ1) is 15.4. The Morgan fingerprint density at radius 3 is 2.34 bits per heavy atom. The molecular formula is C25H28N2O4S. The lowest BCUT2D eigenvalue weighted by molar-refractivity contribution is -0.123. The molecule has 6 nitrogen and oxygen atoms in total. The Labute approximate surface area is 189 Å². The smallest absolute Gasteiger partial charge is 0.243 e. The van der Waals surface area contributed by atoms with Crippen molar-refractivity contribution < 1.29 is 17.6 Å². The molecule has 0 aliphatic carbocycles. The Morgan fingerprint density at radius 2 is 1.72 bits per heavy atom. The minimum Gasteiger partial charge on any atom is -0.467 e. The summed E-state index contributed by atoms with van der Waals surface area (Å²) in [6, 6.07) is 18.4. The first kappa shape index (κ1) is 22.3. The molecule has 7 heteroatoms. The van der Waals surface area contributed by atoms with Crippen LogP contribution in [0, 0.1) is 19.8 Å². The second-order valence-corrected chi connectivity index (χ2v) is 10.2. The van der Waals surface area contributed by atoms with Crippen LogP contribution in [0.4, 0.5) is 5.69 Å². The van der Waals surface area contributed by atoms with E-state index in [0.717, 1.165) is 16.8 Å². The number of sulfonamides is 1. The van der Waals surface area contributed by atoms with Crippen molar-refractivity contribution >= 4 is 21.6 Å². The molecule has 4 rings (SSSR count). The Kier molecular flexibility index (Phi) is 6.48. The van der Waals surface area contributed by atoms with Crippen molar-refractivity contribution in [2.45, 2.75) is 38.1 Å². The predicted octanol–water partition coefficient (Wildman–Crippen LogP) is 4.53. The molecule has 2 heterocycles.